The smallest absolute Gasteiger partial charge is 0.257 e. The summed E-state index contributed by atoms with van der Waals surface area (Å²) in [6.07, 6.45) is 0. The number of carbonyl (C=O) groups is 1. The second-order valence-electron chi connectivity index (χ2n) is 6.32. The van der Waals surface area contributed by atoms with E-state index in [0.29, 0.717) is 16.5 Å². The molecule has 0 bridgehead atoms. The highest BCUT2D eigenvalue weighted by Gasteiger charge is 2.11. The Bertz CT molecular complexity index is 1160. The van der Waals surface area contributed by atoms with Crippen molar-refractivity contribution in [3.05, 3.63) is 89.2 Å². The number of hydrogen-bond donors (Lipinski definition) is 1. The van der Waals surface area contributed by atoms with Crippen LogP contribution in [0.3, 0.4) is 0 Å². The lowest BCUT2D eigenvalue weighted by Gasteiger charge is -2.07. The van der Waals surface area contributed by atoms with Gasteiger partial charge in [0.05, 0.1) is 5.69 Å². The predicted octanol–water partition coefficient (Wildman–Crippen LogP) is 5.82. The summed E-state index contributed by atoms with van der Waals surface area (Å²) in [4.78, 5) is 17.0. The topological polar surface area (TPSA) is 55.1 Å². The highest BCUT2D eigenvalue weighted by Crippen LogP contribution is 2.28. The molecule has 1 heterocycles. The zero-order valence-electron chi connectivity index (χ0n) is 15.1. The van der Waals surface area contributed by atoms with Crippen LogP contribution in [0.25, 0.3) is 11.1 Å². The number of aromatic nitrogens is 1. The summed E-state index contributed by atoms with van der Waals surface area (Å²) >= 11 is 1.47. The Hall–Kier alpha value is -3.12. The number of rotatable bonds is 5. The second kappa shape index (κ2) is 7.86. The van der Waals surface area contributed by atoms with E-state index in [0.717, 1.165) is 22.2 Å². The van der Waals surface area contributed by atoms with Gasteiger partial charge in [-0.1, -0.05) is 48.2 Å². The van der Waals surface area contributed by atoms with E-state index in [9.17, 15) is 9.18 Å². The lowest BCUT2D eigenvalue weighted by molar-refractivity contribution is 0.102. The van der Waals surface area contributed by atoms with Crippen LogP contribution in [0.15, 0.2) is 76.4 Å². The molecule has 4 rings (SSSR count). The Labute approximate surface area is 165 Å². The number of nitrogens with one attached hydrogen (secondary N) is 1. The lowest BCUT2D eigenvalue weighted by atomic mass is 10.1. The van der Waals surface area contributed by atoms with Crippen LogP contribution >= 0.6 is 11.8 Å². The largest absolute Gasteiger partial charge is 0.431 e. The van der Waals surface area contributed by atoms with Gasteiger partial charge in [-0.2, -0.15) is 0 Å². The van der Waals surface area contributed by atoms with Crippen LogP contribution in [0.5, 0.6) is 0 Å². The molecule has 0 unspecified atom stereocenters. The van der Waals surface area contributed by atoms with Gasteiger partial charge < -0.3 is 9.73 Å². The van der Waals surface area contributed by atoms with Gasteiger partial charge in [-0.05, 0) is 48.4 Å². The molecule has 0 spiro atoms. The van der Waals surface area contributed by atoms with Gasteiger partial charge in [0, 0.05) is 11.3 Å². The third kappa shape index (κ3) is 3.92. The standard InChI is InChI=1S/C22H17FN2O2S/c1-14-6-4-11-19-20(14)25-22(27-19)28-13-15-7-5-8-16(12-15)21(26)24-18-10-3-2-9-17(18)23/h2-12H,13H2,1H3,(H,24,26). The number of amides is 1. The van der Waals surface area contributed by atoms with Crippen molar-refractivity contribution in [2.45, 2.75) is 17.9 Å². The van der Waals surface area contributed by atoms with Crippen molar-refractivity contribution in [1.82, 2.24) is 4.98 Å². The Morgan fingerprint density at radius 3 is 2.75 bits per heavy atom. The van der Waals surface area contributed by atoms with Gasteiger partial charge in [0.1, 0.15) is 11.3 Å². The van der Waals surface area contributed by atoms with Crippen molar-refractivity contribution in [2.75, 3.05) is 5.32 Å². The summed E-state index contributed by atoms with van der Waals surface area (Å²) in [6.45, 7) is 2.00. The second-order valence-corrected chi connectivity index (χ2v) is 7.25. The number of oxazole rings is 1. The first-order valence-corrected chi connectivity index (χ1v) is 9.72. The minimum Gasteiger partial charge on any atom is -0.431 e. The Balaban J connectivity index is 1.46. The molecule has 4 nitrogen and oxygen atoms in total. The van der Waals surface area contributed by atoms with Crippen LogP contribution in [0.2, 0.25) is 0 Å². The summed E-state index contributed by atoms with van der Waals surface area (Å²) in [5, 5.41) is 3.19. The molecule has 0 aliphatic heterocycles. The zero-order valence-corrected chi connectivity index (χ0v) is 15.9. The minimum absolute atomic E-state index is 0.161. The summed E-state index contributed by atoms with van der Waals surface area (Å²) in [7, 11) is 0. The van der Waals surface area contributed by atoms with E-state index in [1.807, 2.05) is 37.3 Å². The van der Waals surface area contributed by atoms with E-state index >= 15 is 0 Å². The molecule has 0 saturated carbocycles. The molecule has 6 heteroatoms. The summed E-state index contributed by atoms with van der Waals surface area (Å²) < 4.78 is 19.5. The van der Waals surface area contributed by atoms with Crippen molar-refractivity contribution in [2.24, 2.45) is 0 Å². The number of hydrogen-bond acceptors (Lipinski definition) is 4. The van der Waals surface area contributed by atoms with Gasteiger partial charge in [0.2, 0.25) is 0 Å². The van der Waals surface area contributed by atoms with Crippen molar-refractivity contribution < 1.29 is 13.6 Å². The molecule has 0 aliphatic carbocycles. The van der Waals surface area contributed by atoms with E-state index < -0.39 is 5.82 Å². The maximum absolute atomic E-state index is 13.7. The molecule has 28 heavy (non-hydrogen) atoms. The fraction of sp³-hybridized carbons (Fsp3) is 0.0909. The van der Waals surface area contributed by atoms with Gasteiger partial charge in [0.15, 0.2) is 5.58 Å². The van der Waals surface area contributed by atoms with E-state index in [-0.39, 0.29) is 11.6 Å². The zero-order chi connectivity index (χ0) is 19.5. The van der Waals surface area contributed by atoms with Gasteiger partial charge in [-0.15, -0.1) is 0 Å². The molecular weight excluding hydrogens is 375 g/mol. The van der Waals surface area contributed by atoms with Gasteiger partial charge in [-0.25, -0.2) is 9.37 Å². The predicted molar refractivity (Wildman–Crippen MR) is 109 cm³/mol. The molecule has 0 fully saturated rings. The maximum Gasteiger partial charge on any atom is 0.257 e. The summed E-state index contributed by atoms with van der Waals surface area (Å²) in [5.41, 5.74) is 4.28. The van der Waals surface area contributed by atoms with Crippen LogP contribution < -0.4 is 5.32 Å². The first-order chi connectivity index (χ1) is 13.6. The normalized spacial score (nSPS) is 10.9. The van der Waals surface area contributed by atoms with E-state index in [1.54, 1.807) is 24.3 Å². The molecule has 140 valence electrons. The number of anilines is 1. The molecule has 0 radical (unpaired) electrons. The van der Waals surface area contributed by atoms with Crippen molar-refractivity contribution in [1.29, 1.82) is 0 Å². The van der Waals surface area contributed by atoms with Gasteiger partial charge >= 0.3 is 0 Å². The third-order valence-corrected chi connectivity index (χ3v) is 5.17. The molecule has 0 atom stereocenters. The molecular formula is C22H17FN2O2S. The molecule has 0 saturated heterocycles. The Kier molecular flexibility index (Phi) is 5.12. The first kappa shape index (κ1) is 18.3. The number of para-hydroxylation sites is 2. The van der Waals surface area contributed by atoms with Crippen LogP contribution in [0.4, 0.5) is 10.1 Å². The van der Waals surface area contributed by atoms with E-state index in [4.69, 9.17) is 4.42 Å². The van der Waals surface area contributed by atoms with Crippen molar-refractivity contribution >= 4 is 34.5 Å². The molecule has 4 aromatic rings. The SMILES string of the molecule is Cc1cccc2oc(SCc3cccc(C(=O)Nc4ccccc4F)c3)nc12. The van der Waals surface area contributed by atoms with Crippen LogP contribution in [0.1, 0.15) is 21.5 Å². The number of carbonyl (C=O) groups excluding carboxylic acids is 1. The fourth-order valence-electron chi connectivity index (χ4n) is 2.83. The number of thioether (sulfide) groups is 1. The average Bonchev–Trinajstić information content (AvgIpc) is 3.13. The van der Waals surface area contributed by atoms with Crippen LogP contribution in [0, 0.1) is 12.7 Å². The van der Waals surface area contributed by atoms with E-state index in [2.05, 4.69) is 10.3 Å². The Morgan fingerprint density at radius 1 is 1.11 bits per heavy atom. The molecule has 1 aromatic heterocycles. The summed E-state index contributed by atoms with van der Waals surface area (Å²) in [5.74, 6) is -0.213. The van der Waals surface area contributed by atoms with Crippen molar-refractivity contribution in [3.8, 4) is 0 Å². The quantitative estimate of drug-likeness (QED) is 0.435. The van der Waals surface area contributed by atoms with Crippen LogP contribution in [-0.2, 0) is 5.75 Å². The monoisotopic (exact) mass is 392 g/mol. The van der Waals surface area contributed by atoms with Gasteiger partial charge in [0.25, 0.3) is 11.1 Å². The number of benzene rings is 3. The first-order valence-electron chi connectivity index (χ1n) is 8.74. The van der Waals surface area contributed by atoms with Crippen molar-refractivity contribution in [3.63, 3.8) is 0 Å². The molecule has 1 amide bonds. The minimum atomic E-state index is -0.464. The molecule has 1 N–H and O–H groups in total. The number of aryl methyl sites for hydroxylation is 1. The summed E-state index contributed by atoms with van der Waals surface area (Å²) in [6, 6.07) is 19.2. The number of halogens is 1. The maximum atomic E-state index is 13.7. The lowest BCUT2D eigenvalue weighted by Crippen LogP contribution is -2.13. The van der Waals surface area contributed by atoms with E-state index in [1.165, 1.54) is 23.9 Å². The number of fused-ring (bicyclic) bond motifs is 1. The highest BCUT2D eigenvalue weighted by molar-refractivity contribution is 7.98. The van der Waals surface area contributed by atoms with Crippen LogP contribution in [-0.4, -0.2) is 10.9 Å². The third-order valence-electron chi connectivity index (χ3n) is 4.27. The molecule has 3 aromatic carbocycles. The average molecular weight is 392 g/mol. The highest BCUT2D eigenvalue weighted by atomic mass is 32.2. The molecule has 0 aliphatic rings. The number of nitrogens with zero attached hydrogens (tertiary/aromatic N) is 1. The Morgan fingerprint density at radius 2 is 1.93 bits per heavy atom. The van der Waals surface area contributed by atoms with Gasteiger partial charge in [-0.3, -0.25) is 4.79 Å². The fourth-order valence-corrected chi connectivity index (χ4v) is 3.61.